The van der Waals surface area contributed by atoms with Crippen molar-refractivity contribution in [2.24, 2.45) is 11.8 Å². The smallest absolute Gasteiger partial charge is 0.244 e. The minimum atomic E-state index is -0.695. The Morgan fingerprint density at radius 3 is 2.53 bits per heavy atom. The molecule has 9 heteroatoms. The summed E-state index contributed by atoms with van der Waals surface area (Å²) in [7, 11) is 0. The maximum atomic E-state index is 14.0. The normalized spacial score (nSPS) is 31.3. The Morgan fingerprint density at radius 2 is 1.92 bits per heavy atom. The van der Waals surface area contributed by atoms with Crippen LogP contribution in [0, 0.1) is 11.8 Å². The van der Waals surface area contributed by atoms with Crippen molar-refractivity contribution in [3.63, 3.8) is 0 Å². The van der Waals surface area contributed by atoms with Crippen LogP contribution in [0.25, 0.3) is 0 Å². The summed E-state index contributed by atoms with van der Waals surface area (Å²) in [6, 6.07) is 6.06. The highest BCUT2D eigenvalue weighted by atomic mass is 32.2. The minimum absolute atomic E-state index is 0.171. The number of rotatable bonds is 11. The van der Waals surface area contributed by atoms with E-state index >= 15 is 0 Å². The molecule has 1 aromatic carbocycles. The maximum Gasteiger partial charge on any atom is 0.244 e. The van der Waals surface area contributed by atoms with Crippen LogP contribution >= 0.6 is 11.8 Å². The van der Waals surface area contributed by atoms with Gasteiger partial charge in [-0.1, -0.05) is 20.3 Å². The number of hydrogen-bond donors (Lipinski definition) is 3. The van der Waals surface area contributed by atoms with E-state index < -0.39 is 33.4 Å². The lowest BCUT2D eigenvalue weighted by atomic mass is 9.66. The predicted octanol–water partition coefficient (Wildman–Crippen LogP) is 3.19. The fourth-order valence-electron chi connectivity index (χ4n) is 6.38. The van der Waals surface area contributed by atoms with Crippen molar-refractivity contribution in [1.82, 2.24) is 10.2 Å². The van der Waals surface area contributed by atoms with Gasteiger partial charge in [0, 0.05) is 17.0 Å². The van der Waals surface area contributed by atoms with Crippen LogP contribution in [0.4, 0.5) is 5.69 Å². The highest BCUT2D eigenvalue weighted by Gasteiger charge is 2.77. The SMILES string of the molecule is CCCCNC(=O)C1N([C@@H](CC)CO)C(=O)[C@@H]2[C@H](C(=O)Nc3ccc(OCC)cc3)[C@]3(C)CCC12S3. The van der Waals surface area contributed by atoms with E-state index in [9.17, 15) is 19.5 Å². The average Bonchev–Trinajstić information content (AvgIpc) is 3.42. The zero-order valence-electron chi connectivity index (χ0n) is 21.7. The number of likely N-dealkylation sites (tertiary alicyclic amines) is 1. The third-order valence-corrected chi connectivity index (χ3v) is 10.1. The van der Waals surface area contributed by atoms with Gasteiger partial charge in [-0.15, -0.1) is 11.8 Å². The van der Waals surface area contributed by atoms with E-state index in [2.05, 4.69) is 24.5 Å². The number of nitrogens with one attached hydrogen (secondary N) is 2. The van der Waals surface area contributed by atoms with Crippen molar-refractivity contribution in [1.29, 1.82) is 0 Å². The summed E-state index contributed by atoms with van der Waals surface area (Å²) in [6.07, 6.45) is 3.80. The first kappa shape index (κ1) is 26.8. The zero-order chi connectivity index (χ0) is 26.1. The molecule has 198 valence electrons. The molecule has 4 rings (SSSR count). The third kappa shape index (κ3) is 4.38. The second kappa shape index (κ2) is 10.6. The van der Waals surface area contributed by atoms with Gasteiger partial charge < -0.3 is 25.4 Å². The Balaban J connectivity index is 1.65. The number of fused-ring (bicyclic) bond motifs is 1. The molecule has 0 aliphatic carbocycles. The molecule has 8 nitrogen and oxygen atoms in total. The molecular formula is C27H39N3O5S. The topological polar surface area (TPSA) is 108 Å². The van der Waals surface area contributed by atoms with Gasteiger partial charge in [0.25, 0.3) is 0 Å². The molecule has 36 heavy (non-hydrogen) atoms. The summed E-state index contributed by atoms with van der Waals surface area (Å²) in [5.41, 5.74) is 0.645. The second-order valence-corrected chi connectivity index (χ2v) is 12.2. The summed E-state index contributed by atoms with van der Waals surface area (Å²) in [4.78, 5) is 43.0. The molecule has 3 aliphatic rings. The Morgan fingerprint density at radius 1 is 1.19 bits per heavy atom. The molecule has 0 radical (unpaired) electrons. The van der Waals surface area contributed by atoms with Gasteiger partial charge in [0.1, 0.15) is 11.8 Å². The Bertz CT molecular complexity index is 984. The van der Waals surface area contributed by atoms with Crippen LogP contribution < -0.4 is 15.4 Å². The van der Waals surface area contributed by atoms with Crippen LogP contribution in [-0.2, 0) is 14.4 Å². The van der Waals surface area contributed by atoms with Crippen LogP contribution in [0.5, 0.6) is 5.75 Å². The van der Waals surface area contributed by atoms with Gasteiger partial charge in [-0.2, -0.15) is 0 Å². The molecular weight excluding hydrogens is 478 g/mol. The molecule has 0 saturated carbocycles. The van der Waals surface area contributed by atoms with Crippen molar-refractivity contribution >= 4 is 35.2 Å². The van der Waals surface area contributed by atoms with Crippen molar-refractivity contribution in [3.8, 4) is 5.75 Å². The lowest BCUT2D eigenvalue weighted by Gasteiger charge is -2.36. The number of amides is 3. The maximum absolute atomic E-state index is 14.0. The number of carbonyl (C=O) groups excluding carboxylic acids is 3. The van der Waals surface area contributed by atoms with Crippen LogP contribution in [-0.4, -0.2) is 69.1 Å². The number of nitrogens with zero attached hydrogens (tertiary/aromatic N) is 1. The van der Waals surface area contributed by atoms with Gasteiger partial charge in [0.2, 0.25) is 17.7 Å². The fraction of sp³-hybridized carbons (Fsp3) is 0.667. The molecule has 2 unspecified atom stereocenters. The molecule has 1 aromatic rings. The Hall–Kier alpha value is -2.26. The van der Waals surface area contributed by atoms with Gasteiger partial charge in [-0.3, -0.25) is 14.4 Å². The van der Waals surface area contributed by atoms with E-state index in [1.54, 1.807) is 28.8 Å². The molecule has 3 N–H and O–H groups in total. The summed E-state index contributed by atoms with van der Waals surface area (Å²) >= 11 is 1.64. The number of benzene rings is 1. The van der Waals surface area contributed by atoms with Gasteiger partial charge in [0.15, 0.2) is 0 Å². The number of unbranched alkanes of at least 4 members (excludes halogenated alkanes) is 1. The highest BCUT2D eigenvalue weighted by Crippen LogP contribution is 2.71. The Labute approximate surface area is 217 Å². The number of aliphatic hydroxyl groups is 1. The molecule has 3 amide bonds. The van der Waals surface area contributed by atoms with Crippen molar-refractivity contribution in [2.45, 2.75) is 81.4 Å². The van der Waals surface area contributed by atoms with Crippen LogP contribution in [0.1, 0.15) is 59.8 Å². The first-order valence-electron chi connectivity index (χ1n) is 13.2. The number of hydrogen-bond acceptors (Lipinski definition) is 6. The van der Waals surface area contributed by atoms with E-state index in [0.717, 1.165) is 25.0 Å². The molecule has 3 heterocycles. The van der Waals surface area contributed by atoms with Gasteiger partial charge in [0.05, 0.1) is 35.8 Å². The van der Waals surface area contributed by atoms with E-state index in [-0.39, 0.29) is 24.3 Å². The lowest BCUT2D eigenvalue weighted by molar-refractivity contribution is -0.142. The largest absolute Gasteiger partial charge is 0.494 e. The summed E-state index contributed by atoms with van der Waals surface area (Å²) in [5.74, 6) is -0.998. The standard InChI is InChI=1S/C27H39N3O5S/c1-5-8-15-28-24(33)22-27-14-13-26(4,36-27)20(21(27)25(34)30(22)18(6-2)16-31)23(32)29-17-9-11-19(12-10-17)35-7-3/h9-12,18,20-22,31H,5-8,13-16H2,1-4H3,(H,28,33)(H,29,32)/t18-,20+,21-,22?,26-,27?/m0/s1. The van der Waals surface area contributed by atoms with E-state index in [0.29, 0.717) is 31.7 Å². The first-order valence-corrected chi connectivity index (χ1v) is 14.0. The average molecular weight is 518 g/mol. The number of anilines is 1. The first-order chi connectivity index (χ1) is 17.3. The number of ether oxygens (including phenoxy) is 1. The number of carbonyl (C=O) groups is 3. The monoisotopic (exact) mass is 517 g/mol. The van der Waals surface area contributed by atoms with Gasteiger partial charge >= 0.3 is 0 Å². The Kier molecular flexibility index (Phi) is 7.90. The molecule has 6 atom stereocenters. The van der Waals surface area contributed by atoms with Crippen LogP contribution in [0.2, 0.25) is 0 Å². The molecule has 3 saturated heterocycles. The molecule has 1 spiro atoms. The molecule has 2 bridgehead atoms. The quantitative estimate of drug-likeness (QED) is 0.389. The van der Waals surface area contributed by atoms with Crippen molar-refractivity contribution in [3.05, 3.63) is 24.3 Å². The zero-order valence-corrected chi connectivity index (χ0v) is 22.5. The van der Waals surface area contributed by atoms with E-state index in [1.807, 2.05) is 26.0 Å². The minimum Gasteiger partial charge on any atom is -0.494 e. The van der Waals surface area contributed by atoms with Crippen LogP contribution in [0.15, 0.2) is 24.3 Å². The highest BCUT2D eigenvalue weighted by molar-refractivity contribution is 8.02. The van der Waals surface area contributed by atoms with E-state index in [1.165, 1.54) is 0 Å². The lowest BCUT2D eigenvalue weighted by Crippen LogP contribution is -2.56. The molecule has 3 aliphatic heterocycles. The van der Waals surface area contributed by atoms with Gasteiger partial charge in [-0.05, 0) is 63.8 Å². The second-order valence-electron chi connectivity index (χ2n) is 10.3. The number of aliphatic hydroxyl groups excluding tert-OH is 1. The summed E-state index contributed by atoms with van der Waals surface area (Å²) in [5, 5.41) is 16.2. The van der Waals surface area contributed by atoms with Crippen molar-refractivity contribution in [2.75, 3.05) is 25.1 Å². The molecule has 0 aromatic heterocycles. The number of thioether (sulfide) groups is 1. The van der Waals surface area contributed by atoms with E-state index in [4.69, 9.17) is 4.74 Å². The fourth-order valence-corrected chi connectivity index (χ4v) is 8.72. The predicted molar refractivity (Wildman–Crippen MR) is 141 cm³/mol. The van der Waals surface area contributed by atoms with Gasteiger partial charge in [-0.25, -0.2) is 0 Å². The summed E-state index contributed by atoms with van der Waals surface area (Å²) < 4.78 is 4.38. The summed E-state index contributed by atoms with van der Waals surface area (Å²) in [6.45, 7) is 8.84. The van der Waals surface area contributed by atoms with Crippen molar-refractivity contribution < 1.29 is 24.2 Å². The van der Waals surface area contributed by atoms with Crippen LogP contribution in [0.3, 0.4) is 0 Å². The molecule has 3 fully saturated rings. The third-order valence-electron chi connectivity index (χ3n) is 8.08.